The van der Waals surface area contributed by atoms with Gasteiger partial charge in [-0.05, 0) is 43.2 Å². The largest absolute Gasteiger partial charge is 1.00 e. The second kappa shape index (κ2) is 7.21. The Balaban J connectivity index is 0.00000150. The molecule has 1 aliphatic heterocycles. The van der Waals surface area contributed by atoms with Crippen molar-refractivity contribution >= 4 is 10.1 Å². The first-order valence-electron chi connectivity index (χ1n) is 8.41. The number of phenols is 2. The Morgan fingerprint density at radius 1 is 0.821 bits per heavy atom. The fourth-order valence-corrected chi connectivity index (χ4v) is 5.05. The van der Waals surface area contributed by atoms with Crippen molar-refractivity contribution < 1.29 is 53.8 Å². The number of benzene rings is 3. The molecule has 7 heteroatoms. The molecule has 1 aliphatic rings. The predicted octanol–water partition coefficient (Wildman–Crippen LogP) is 0.842. The van der Waals surface area contributed by atoms with E-state index in [0.717, 1.165) is 11.1 Å². The monoisotopic (exact) mass is 406 g/mol. The van der Waals surface area contributed by atoms with Crippen LogP contribution in [0.3, 0.4) is 0 Å². The molecule has 4 rings (SSSR count). The number of aryl methyl sites for hydroxylation is 2. The number of fused-ring (bicyclic) bond motifs is 1. The van der Waals surface area contributed by atoms with Gasteiger partial charge in [0, 0.05) is 16.7 Å². The third-order valence-corrected chi connectivity index (χ3v) is 6.20. The van der Waals surface area contributed by atoms with Crippen molar-refractivity contribution in [3.8, 4) is 11.5 Å². The predicted molar refractivity (Wildman–Crippen MR) is 101 cm³/mol. The van der Waals surface area contributed by atoms with Gasteiger partial charge in [-0.1, -0.05) is 42.5 Å². The third-order valence-electron chi connectivity index (χ3n) is 4.84. The molecule has 3 aromatic carbocycles. The molecule has 5 nitrogen and oxygen atoms in total. The summed E-state index contributed by atoms with van der Waals surface area (Å²) in [5.74, 6) is -0.219. The molecule has 2 N–H and O–H groups in total. The van der Waals surface area contributed by atoms with E-state index in [2.05, 4.69) is 0 Å². The van der Waals surface area contributed by atoms with Crippen molar-refractivity contribution in [2.45, 2.75) is 24.3 Å². The van der Waals surface area contributed by atoms with Gasteiger partial charge in [-0.15, -0.1) is 0 Å². The molecular weight excluding hydrogens is 387 g/mol. The van der Waals surface area contributed by atoms with Gasteiger partial charge in [0.05, 0.1) is 0 Å². The normalized spacial score (nSPS) is 16.2. The molecule has 0 atom stereocenters. The molecule has 0 aliphatic carbocycles. The Hall–Kier alpha value is -1.83. The first kappa shape index (κ1) is 20.9. The summed E-state index contributed by atoms with van der Waals surface area (Å²) in [6.45, 7) is 3.64. The molecule has 0 aromatic heterocycles. The van der Waals surface area contributed by atoms with Gasteiger partial charge in [-0.2, -0.15) is 8.42 Å². The molecule has 0 amide bonds. The van der Waals surface area contributed by atoms with Crippen molar-refractivity contribution in [2.75, 3.05) is 0 Å². The van der Waals surface area contributed by atoms with Crippen LogP contribution in [-0.4, -0.2) is 18.6 Å². The summed E-state index contributed by atoms with van der Waals surface area (Å²) < 4.78 is 31.2. The van der Waals surface area contributed by atoms with Gasteiger partial charge in [0.15, 0.2) is 5.60 Å². The first-order chi connectivity index (χ1) is 12.8. The average Bonchev–Trinajstić information content (AvgIpc) is 2.84. The van der Waals surface area contributed by atoms with E-state index in [1.165, 1.54) is 6.07 Å². The zero-order valence-electron chi connectivity index (χ0n) is 16.8. The summed E-state index contributed by atoms with van der Waals surface area (Å²) in [5, 5.41) is 21.3. The van der Waals surface area contributed by atoms with Crippen molar-refractivity contribution in [1.29, 1.82) is 0 Å². The van der Waals surface area contributed by atoms with E-state index >= 15 is 0 Å². The van der Waals surface area contributed by atoms with Crippen LogP contribution < -0.4 is 29.6 Å². The Kier molecular flexibility index (Phi) is 5.38. The fraction of sp³-hybridized carbons (Fsp3) is 0.143. The minimum atomic E-state index is -4.09. The Morgan fingerprint density at radius 3 is 1.82 bits per heavy atom. The zero-order chi connectivity index (χ0) is 19.4. The molecule has 140 valence electrons. The van der Waals surface area contributed by atoms with Crippen molar-refractivity contribution in [3.63, 3.8) is 0 Å². The van der Waals surface area contributed by atoms with E-state index in [1.54, 1.807) is 54.6 Å². The van der Waals surface area contributed by atoms with Gasteiger partial charge in [0.2, 0.25) is 0 Å². The summed E-state index contributed by atoms with van der Waals surface area (Å²) in [7, 11) is -4.09. The maximum Gasteiger partial charge on any atom is 1.00 e. The summed E-state index contributed by atoms with van der Waals surface area (Å²) >= 11 is 0. The van der Waals surface area contributed by atoms with E-state index in [-0.39, 0.29) is 58.5 Å². The number of hydrogen-bond acceptors (Lipinski definition) is 5. The van der Waals surface area contributed by atoms with Crippen molar-refractivity contribution in [3.05, 3.63) is 88.5 Å². The molecule has 0 fully saturated rings. The van der Waals surface area contributed by atoms with Crippen LogP contribution in [0, 0.1) is 13.8 Å². The minimum Gasteiger partial charge on any atom is -1.00 e. The van der Waals surface area contributed by atoms with Crippen LogP contribution in [0.2, 0.25) is 0 Å². The molecule has 0 bridgehead atoms. The standard InChI is InChI=1S/C21H18O5S.Na.H/c1-13-7-9-15(18(22)11-13)21(16-10-8-14(2)12-19(16)23)17-5-3-4-6-20(17)27(24,25)26-21;;/h3-12,22-23H,1-2H3;;/q;+1;-1. The fourth-order valence-electron chi connectivity index (χ4n) is 3.63. The topological polar surface area (TPSA) is 83.8 Å². The van der Waals surface area contributed by atoms with Crippen LogP contribution in [0.4, 0.5) is 0 Å². The van der Waals surface area contributed by atoms with Crippen molar-refractivity contribution in [1.82, 2.24) is 0 Å². The molecule has 0 radical (unpaired) electrons. The number of aromatic hydroxyl groups is 2. The van der Waals surface area contributed by atoms with Crippen LogP contribution in [0.25, 0.3) is 0 Å². The van der Waals surface area contributed by atoms with Crippen LogP contribution in [0.15, 0.2) is 65.6 Å². The quantitative estimate of drug-likeness (QED) is 0.487. The third kappa shape index (κ3) is 3.06. The summed E-state index contributed by atoms with van der Waals surface area (Å²) in [6.07, 6.45) is 0. The van der Waals surface area contributed by atoms with E-state index in [0.29, 0.717) is 5.56 Å². The van der Waals surface area contributed by atoms with Gasteiger partial charge in [-0.25, -0.2) is 4.18 Å². The van der Waals surface area contributed by atoms with Crippen LogP contribution >= 0.6 is 0 Å². The Bertz CT molecular complexity index is 1130. The van der Waals surface area contributed by atoms with Gasteiger partial charge in [0.25, 0.3) is 10.1 Å². The molecule has 1 heterocycles. The smallest absolute Gasteiger partial charge is 1.00 e. The maximum atomic E-state index is 12.8. The van der Waals surface area contributed by atoms with Crippen molar-refractivity contribution in [2.24, 2.45) is 0 Å². The van der Waals surface area contributed by atoms with E-state index in [1.807, 2.05) is 13.8 Å². The molecule has 0 saturated carbocycles. The minimum absolute atomic E-state index is 0. The van der Waals surface area contributed by atoms with E-state index < -0.39 is 15.7 Å². The molecule has 0 unspecified atom stereocenters. The maximum absolute atomic E-state index is 12.8. The van der Waals surface area contributed by atoms with E-state index in [9.17, 15) is 18.6 Å². The van der Waals surface area contributed by atoms with Gasteiger partial charge in [-0.3, -0.25) is 0 Å². The number of rotatable bonds is 2. The SMILES string of the molecule is Cc1ccc(C2(c3ccc(C)cc3O)OS(=O)(=O)c3ccccc32)c(O)c1.[H-].[Na+]. The molecule has 0 saturated heterocycles. The van der Waals surface area contributed by atoms with Gasteiger partial charge < -0.3 is 11.6 Å². The Morgan fingerprint density at radius 2 is 1.32 bits per heavy atom. The first-order valence-corrected chi connectivity index (χ1v) is 9.82. The average molecular weight is 406 g/mol. The molecule has 28 heavy (non-hydrogen) atoms. The molecular formula is C21H19NaO5S. The van der Waals surface area contributed by atoms with Crippen LogP contribution in [0.1, 0.15) is 29.2 Å². The van der Waals surface area contributed by atoms with Gasteiger partial charge in [0.1, 0.15) is 16.4 Å². The van der Waals surface area contributed by atoms with E-state index in [4.69, 9.17) is 4.18 Å². The Labute approximate surface area is 187 Å². The molecule has 3 aromatic rings. The second-order valence-electron chi connectivity index (χ2n) is 6.76. The summed E-state index contributed by atoms with van der Waals surface area (Å²) in [5.41, 5.74) is 0.803. The zero-order valence-corrected chi connectivity index (χ0v) is 18.6. The van der Waals surface area contributed by atoms with Crippen LogP contribution in [0.5, 0.6) is 11.5 Å². The second-order valence-corrected chi connectivity index (χ2v) is 8.27. The van der Waals surface area contributed by atoms with Gasteiger partial charge >= 0.3 is 29.6 Å². The number of phenolic OH excluding ortho intramolecular Hbond substituents is 2. The number of hydrogen-bond donors (Lipinski definition) is 2. The molecule has 0 spiro atoms. The van der Waals surface area contributed by atoms with Crippen LogP contribution in [-0.2, 0) is 19.9 Å². The summed E-state index contributed by atoms with van der Waals surface area (Å²) in [6, 6.07) is 16.3. The summed E-state index contributed by atoms with van der Waals surface area (Å²) in [4.78, 5) is 0.0185.